The molecule has 106 valence electrons. The first-order chi connectivity index (χ1) is 10.3. The number of fused-ring (bicyclic) bond motifs is 1. The average Bonchev–Trinajstić information content (AvgIpc) is 2.56. The van der Waals surface area contributed by atoms with E-state index in [1.165, 1.54) is 48.2 Å². The molecule has 0 amide bonds. The van der Waals surface area contributed by atoms with Gasteiger partial charge in [0.25, 0.3) is 0 Å². The molecular weight excluding hydrogens is 254 g/mol. The summed E-state index contributed by atoms with van der Waals surface area (Å²) in [5.74, 6) is 0.551. The van der Waals surface area contributed by atoms with Crippen molar-refractivity contribution in [1.82, 2.24) is 4.90 Å². The lowest BCUT2D eigenvalue weighted by Crippen LogP contribution is -2.54. The largest absolute Gasteiger partial charge is 0.371 e. The standard InChI is InChI=1S/C20H21N/c1-15-20(19-9-5-6-14-21(15)19)18-12-10-17(11-13-18)16-7-3-2-4-8-16/h2-4,7-8,10-13,19-20H,1,5-6,9,14H2/t19-,20-/m1/s1. The van der Waals surface area contributed by atoms with Gasteiger partial charge in [0.2, 0.25) is 0 Å². The quantitative estimate of drug-likeness (QED) is 0.759. The lowest BCUT2D eigenvalue weighted by Gasteiger charge is -2.54. The zero-order chi connectivity index (χ0) is 14.2. The van der Waals surface area contributed by atoms with Crippen molar-refractivity contribution < 1.29 is 0 Å². The van der Waals surface area contributed by atoms with Crippen LogP contribution in [0, 0.1) is 0 Å². The number of piperidine rings is 1. The summed E-state index contributed by atoms with van der Waals surface area (Å²) in [6.45, 7) is 5.52. The molecule has 2 aromatic rings. The zero-order valence-corrected chi connectivity index (χ0v) is 12.3. The Bertz CT molecular complexity index is 641. The number of nitrogens with zero attached hydrogens (tertiary/aromatic N) is 1. The van der Waals surface area contributed by atoms with E-state index in [4.69, 9.17) is 0 Å². The first-order valence-corrected chi connectivity index (χ1v) is 7.95. The highest BCUT2D eigenvalue weighted by atomic mass is 15.2. The summed E-state index contributed by atoms with van der Waals surface area (Å²) in [6, 6.07) is 20.4. The molecule has 1 nitrogen and oxygen atoms in total. The summed E-state index contributed by atoms with van der Waals surface area (Å²) >= 11 is 0. The third-order valence-electron chi connectivity index (χ3n) is 5.04. The van der Waals surface area contributed by atoms with E-state index < -0.39 is 0 Å². The van der Waals surface area contributed by atoms with Crippen molar-refractivity contribution in [2.45, 2.75) is 31.2 Å². The molecule has 0 saturated carbocycles. The molecular formula is C20H21N. The van der Waals surface area contributed by atoms with E-state index in [0.717, 1.165) is 0 Å². The fourth-order valence-corrected chi connectivity index (χ4v) is 3.91. The summed E-state index contributed by atoms with van der Waals surface area (Å²) in [6.07, 6.45) is 4.02. The number of rotatable bonds is 2. The van der Waals surface area contributed by atoms with Crippen LogP contribution in [0.25, 0.3) is 11.1 Å². The minimum Gasteiger partial charge on any atom is -0.371 e. The van der Waals surface area contributed by atoms with Gasteiger partial charge in [-0.25, -0.2) is 0 Å². The van der Waals surface area contributed by atoms with Crippen LogP contribution in [0.4, 0.5) is 0 Å². The van der Waals surface area contributed by atoms with Gasteiger partial charge in [-0.1, -0.05) is 61.2 Å². The minimum absolute atomic E-state index is 0.551. The molecule has 0 aromatic heterocycles. The van der Waals surface area contributed by atoms with Gasteiger partial charge in [-0.3, -0.25) is 0 Å². The van der Waals surface area contributed by atoms with Gasteiger partial charge in [-0.05, 0) is 36.0 Å². The van der Waals surface area contributed by atoms with Crippen LogP contribution in [0.1, 0.15) is 30.7 Å². The summed E-state index contributed by atoms with van der Waals surface area (Å²) in [5.41, 5.74) is 5.34. The molecule has 0 bridgehead atoms. The van der Waals surface area contributed by atoms with Gasteiger partial charge in [0.15, 0.2) is 0 Å². The number of hydrogen-bond donors (Lipinski definition) is 0. The van der Waals surface area contributed by atoms with Crippen molar-refractivity contribution in [3.8, 4) is 11.1 Å². The Labute approximate surface area is 126 Å². The van der Waals surface area contributed by atoms with E-state index in [0.29, 0.717) is 12.0 Å². The fraction of sp³-hybridized carbons (Fsp3) is 0.300. The summed E-state index contributed by atoms with van der Waals surface area (Å²) in [4.78, 5) is 2.51. The molecule has 0 unspecified atom stereocenters. The molecule has 2 fully saturated rings. The first kappa shape index (κ1) is 12.7. The third kappa shape index (κ3) is 2.08. The molecule has 2 aliphatic rings. The topological polar surface area (TPSA) is 3.24 Å². The van der Waals surface area contributed by atoms with Gasteiger partial charge >= 0.3 is 0 Å². The Morgan fingerprint density at radius 3 is 2.33 bits per heavy atom. The molecule has 2 atom stereocenters. The lowest BCUT2D eigenvalue weighted by atomic mass is 9.75. The predicted molar refractivity (Wildman–Crippen MR) is 88.1 cm³/mol. The monoisotopic (exact) mass is 275 g/mol. The van der Waals surface area contributed by atoms with Crippen LogP contribution in [-0.2, 0) is 0 Å². The summed E-state index contributed by atoms with van der Waals surface area (Å²) < 4.78 is 0. The Balaban J connectivity index is 1.58. The SMILES string of the molecule is C=C1[C@H](c2ccc(-c3ccccc3)cc2)[C@H]2CCCCN12. The Morgan fingerprint density at radius 2 is 1.57 bits per heavy atom. The van der Waals surface area contributed by atoms with E-state index in [-0.39, 0.29) is 0 Å². The normalized spacial score (nSPS) is 24.4. The molecule has 0 N–H and O–H groups in total. The maximum atomic E-state index is 4.31. The van der Waals surface area contributed by atoms with Crippen molar-refractivity contribution in [3.05, 3.63) is 72.4 Å². The predicted octanol–water partition coefficient (Wildman–Crippen LogP) is 4.82. The maximum absolute atomic E-state index is 4.31. The van der Waals surface area contributed by atoms with Gasteiger partial charge in [0, 0.05) is 24.2 Å². The summed E-state index contributed by atoms with van der Waals surface area (Å²) in [5, 5.41) is 0. The van der Waals surface area contributed by atoms with Crippen LogP contribution in [0.2, 0.25) is 0 Å². The van der Waals surface area contributed by atoms with E-state index in [1.807, 2.05) is 0 Å². The van der Waals surface area contributed by atoms with Crippen LogP contribution < -0.4 is 0 Å². The van der Waals surface area contributed by atoms with Gasteiger partial charge < -0.3 is 4.90 Å². The van der Waals surface area contributed by atoms with E-state index >= 15 is 0 Å². The zero-order valence-electron chi connectivity index (χ0n) is 12.3. The van der Waals surface area contributed by atoms with E-state index in [2.05, 4.69) is 66.1 Å². The van der Waals surface area contributed by atoms with Crippen molar-refractivity contribution in [2.75, 3.05) is 6.54 Å². The molecule has 2 heterocycles. The molecule has 0 spiro atoms. The van der Waals surface area contributed by atoms with Crippen LogP contribution in [0.5, 0.6) is 0 Å². The van der Waals surface area contributed by atoms with Crippen molar-refractivity contribution in [2.24, 2.45) is 0 Å². The molecule has 2 saturated heterocycles. The van der Waals surface area contributed by atoms with E-state index in [9.17, 15) is 0 Å². The van der Waals surface area contributed by atoms with Gasteiger partial charge in [-0.15, -0.1) is 0 Å². The highest BCUT2D eigenvalue weighted by Gasteiger charge is 2.43. The van der Waals surface area contributed by atoms with Crippen molar-refractivity contribution in [3.63, 3.8) is 0 Å². The smallest absolute Gasteiger partial charge is 0.0437 e. The van der Waals surface area contributed by atoms with Crippen LogP contribution in [0.15, 0.2) is 66.9 Å². The Hall–Kier alpha value is -2.02. The highest BCUT2D eigenvalue weighted by Crippen LogP contribution is 2.47. The molecule has 4 rings (SSSR count). The number of hydrogen-bond acceptors (Lipinski definition) is 1. The first-order valence-electron chi connectivity index (χ1n) is 7.95. The molecule has 0 aliphatic carbocycles. The minimum atomic E-state index is 0.551. The molecule has 2 aliphatic heterocycles. The second-order valence-electron chi connectivity index (χ2n) is 6.21. The van der Waals surface area contributed by atoms with Crippen LogP contribution >= 0.6 is 0 Å². The maximum Gasteiger partial charge on any atom is 0.0437 e. The Morgan fingerprint density at radius 1 is 0.857 bits per heavy atom. The number of benzene rings is 2. The van der Waals surface area contributed by atoms with Gasteiger partial charge in [0.05, 0.1) is 0 Å². The molecule has 0 radical (unpaired) electrons. The third-order valence-corrected chi connectivity index (χ3v) is 5.04. The highest BCUT2D eigenvalue weighted by molar-refractivity contribution is 5.63. The fourth-order valence-electron chi connectivity index (χ4n) is 3.91. The van der Waals surface area contributed by atoms with Crippen molar-refractivity contribution >= 4 is 0 Å². The van der Waals surface area contributed by atoms with E-state index in [1.54, 1.807) is 0 Å². The Kier molecular flexibility index (Phi) is 3.07. The second kappa shape index (κ2) is 5.07. The van der Waals surface area contributed by atoms with Gasteiger partial charge in [0.1, 0.15) is 0 Å². The molecule has 1 heteroatoms. The van der Waals surface area contributed by atoms with Crippen LogP contribution in [-0.4, -0.2) is 17.5 Å². The van der Waals surface area contributed by atoms with Crippen LogP contribution in [0.3, 0.4) is 0 Å². The lowest BCUT2D eigenvalue weighted by molar-refractivity contribution is 0.0868. The molecule has 2 aromatic carbocycles. The van der Waals surface area contributed by atoms with Crippen molar-refractivity contribution in [1.29, 1.82) is 0 Å². The molecule has 21 heavy (non-hydrogen) atoms. The summed E-state index contributed by atoms with van der Waals surface area (Å²) in [7, 11) is 0. The second-order valence-corrected chi connectivity index (χ2v) is 6.21. The van der Waals surface area contributed by atoms with Gasteiger partial charge in [-0.2, -0.15) is 0 Å². The average molecular weight is 275 g/mol.